The quantitative estimate of drug-likeness (QED) is 0.190. The third kappa shape index (κ3) is 6.18. The van der Waals surface area contributed by atoms with Gasteiger partial charge in [0.1, 0.15) is 6.04 Å². The number of aliphatic carboxylic acids is 1. The van der Waals surface area contributed by atoms with Crippen LogP contribution in [0.25, 0.3) is 10.9 Å². The van der Waals surface area contributed by atoms with Gasteiger partial charge in [0.25, 0.3) is 5.91 Å². The summed E-state index contributed by atoms with van der Waals surface area (Å²) in [5.41, 5.74) is 3.85. The topological polar surface area (TPSA) is 145 Å². The Morgan fingerprint density at radius 3 is 2.59 bits per heavy atom. The van der Waals surface area contributed by atoms with Crippen LogP contribution in [0.15, 0.2) is 60.7 Å². The van der Waals surface area contributed by atoms with E-state index in [0.717, 1.165) is 35.0 Å². The van der Waals surface area contributed by atoms with Crippen LogP contribution in [-0.2, 0) is 11.2 Å². The van der Waals surface area contributed by atoms with Gasteiger partial charge in [0.05, 0.1) is 45.1 Å². The molecule has 0 spiro atoms. The van der Waals surface area contributed by atoms with Crippen LogP contribution in [0.3, 0.4) is 0 Å². The molecule has 0 aliphatic heterocycles. The van der Waals surface area contributed by atoms with Gasteiger partial charge in [0.15, 0.2) is 0 Å². The number of fused-ring (bicyclic) bond motifs is 2. The Bertz CT molecular complexity index is 1660. The summed E-state index contributed by atoms with van der Waals surface area (Å²) < 4.78 is 0. The fraction of sp³-hybridized carbons (Fsp3) is 0.207. The van der Waals surface area contributed by atoms with Crippen LogP contribution in [0.5, 0.6) is 0 Å². The summed E-state index contributed by atoms with van der Waals surface area (Å²) in [4.78, 5) is 46.6. The van der Waals surface area contributed by atoms with E-state index in [4.69, 9.17) is 23.2 Å². The molecule has 0 radical (unpaired) electrons. The molecule has 3 amide bonds. The van der Waals surface area contributed by atoms with Crippen molar-refractivity contribution in [2.24, 2.45) is 0 Å². The lowest BCUT2D eigenvalue weighted by Gasteiger charge is -2.19. The molecule has 1 heterocycles. The van der Waals surface area contributed by atoms with Gasteiger partial charge in [-0.2, -0.15) is 0 Å². The minimum Gasteiger partial charge on any atom is -0.480 e. The van der Waals surface area contributed by atoms with Crippen molar-refractivity contribution in [1.29, 1.82) is 0 Å². The molecule has 41 heavy (non-hydrogen) atoms. The summed E-state index contributed by atoms with van der Waals surface area (Å²) in [5, 5.41) is 21.4. The number of carbonyl (C=O) groups excluding carboxylic acids is 2. The number of nitrogens with one attached hydrogen (secondary N) is 4. The van der Waals surface area contributed by atoms with Crippen molar-refractivity contribution in [3.63, 3.8) is 0 Å². The second-order valence-corrected chi connectivity index (χ2v) is 10.4. The Hall–Kier alpha value is -4.41. The number of carboxylic acid groups (broad SMARTS) is 1. The number of hydrogen-bond acceptors (Lipinski definition) is 6. The van der Waals surface area contributed by atoms with Crippen molar-refractivity contribution < 1.29 is 19.5 Å². The van der Waals surface area contributed by atoms with E-state index in [2.05, 4.69) is 31.2 Å². The summed E-state index contributed by atoms with van der Waals surface area (Å²) in [5.74, 6) is -1.90. The van der Waals surface area contributed by atoms with E-state index in [1.165, 1.54) is 11.6 Å². The van der Waals surface area contributed by atoms with Crippen LogP contribution < -0.4 is 21.3 Å². The number of aryl methyl sites for hydroxylation is 2. The molecule has 2 atom stereocenters. The number of amides is 3. The van der Waals surface area contributed by atoms with E-state index in [0.29, 0.717) is 5.69 Å². The van der Waals surface area contributed by atoms with Crippen LogP contribution in [0.2, 0.25) is 10.0 Å². The van der Waals surface area contributed by atoms with Gasteiger partial charge in [-0.3, -0.25) is 4.79 Å². The summed E-state index contributed by atoms with van der Waals surface area (Å²) in [6, 6.07) is 16.2. The van der Waals surface area contributed by atoms with Crippen molar-refractivity contribution in [1.82, 2.24) is 25.9 Å². The Labute approximate surface area is 245 Å². The van der Waals surface area contributed by atoms with E-state index < -0.39 is 23.9 Å². The van der Waals surface area contributed by atoms with Gasteiger partial charge in [-0.25, -0.2) is 19.6 Å². The zero-order chi connectivity index (χ0) is 29.1. The van der Waals surface area contributed by atoms with Crippen LogP contribution in [0, 0.1) is 6.92 Å². The van der Waals surface area contributed by atoms with Crippen molar-refractivity contribution in [3.05, 3.63) is 93.1 Å². The first kappa shape index (κ1) is 28.1. The smallest absolute Gasteiger partial charge is 0.328 e. The van der Waals surface area contributed by atoms with Crippen LogP contribution >= 0.6 is 23.2 Å². The van der Waals surface area contributed by atoms with Gasteiger partial charge in [-0.1, -0.05) is 65.7 Å². The van der Waals surface area contributed by atoms with Gasteiger partial charge in [-0.05, 0) is 49.1 Å². The number of anilines is 2. The second-order valence-electron chi connectivity index (χ2n) is 9.57. The van der Waals surface area contributed by atoms with Gasteiger partial charge >= 0.3 is 12.0 Å². The molecule has 210 valence electrons. The average molecular weight is 593 g/mol. The second kappa shape index (κ2) is 12.0. The normalized spacial score (nSPS) is 14.7. The zero-order valence-corrected chi connectivity index (χ0v) is 23.4. The molecule has 1 aliphatic rings. The number of benzene rings is 3. The lowest BCUT2D eigenvalue weighted by molar-refractivity contribution is -0.139. The zero-order valence-electron chi connectivity index (χ0n) is 21.9. The van der Waals surface area contributed by atoms with Gasteiger partial charge in [-0.15, -0.1) is 0 Å². The van der Waals surface area contributed by atoms with Crippen LogP contribution in [-0.4, -0.2) is 45.6 Å². The van der Waals surface area contributed by atoms with Crippen molar-refractivity contribution in [2.75, 3.05) is 11.9 Å². The number of nitrogens with zero attached hydrogens (tertiary/aromatic N) is 2. The van der Waals surface area contributed by atoms with Crippen molar-refractivity contribution >= 4 is 63.6 Å². The Kier molecular flexibility index (Phi) is 8.23. The molecule has 12 heteroatoms. The number of carbonyl (C=O) groups is 3. The predicted molar refractivity (Wildman–Crippen MR) is 157 cm³/mol. The van der Waals surface area contributed by atoms with Crippen molar-refractivity contribution in [2.45, 2.75) is 31.8 Å². The van der Waals surface area contributed by atoms with Gasteiger partial charge < -0.3 is 26.4 Å². The number of carboxylic acids is 1. The molecular formula is C29H26Cl2N6O4. The Morgan fingerprint density at radius 2 is 1.78 bits per heavy atom. The van der Waals surface area contributed by atoms with Crippen LogP contribution in [0.1, 0.15) is 39.6 Å². The van der Waals surface area contributed by atoms with E-state index in [9.17, 15) is 19.5 Å². The molecule has 5 N–H and O–H groups in total. The molecule has 1 aromatic heterocycles. The molecule has 4 aromatic rings. The molecule has 0 bridgehead atoms. The number of hydrogen-bond donors (Lipinski definition) is 5. The molecule has 0 fully saturated rings. The fourth-order valence-corrected chi connectivity index (χ4v) is 5.40. The molecule has 10 nitrogen and oxygen atoms in total. The summed E-state index contributed by atoms with van der Waals surface area (Å²) in [7, 11) is 0. The maximum Gasteiger partial charge on any atom is 0.328 e. The number of rotatable bonds is 8. The standard InChI is InChI=1S/C29H26Cl2N6O4/c1-15-17-7-4-5-9-20(17)35-28(33-15)36-22-13-11-19(30)24(25(22)31)26(38)34-23(27(39)40)14-32-29(41)37-21-12-10-16-6-2-3-8-18(16)21/h2-9,11,13,21,23H,10,12,14H2,1H3,(H,34,38)(H,39,40)(H2,32,37,41)(H,33,35,36)/t21-,23+/m1/s1. The molecule has 3 aromatic carbocycles. The summed E-state index contributed by atoms with van der Waals surface area (Å²) in [6.07, 6.45) is 1.59. The number of para-hydroxylation sites is 1. The first-order valence-corrected chi connectivity index (χ1v) is 13.6. The lowest BCUT2D eigenvalue weighted by atomic mass is 10.1. The van der Waals surface area contributed by atoms with Gasteiger partial charge in [0, 0.05) is 5.39 Å². The van der Waals surface area contributed by atoms with E-state index >= 15 is 0 Å². The molecule has 5 rings (SSSR count). The monoisotopic (exact) mass is 592 g/mol. The predicted octanol–water partition coefficient (Wildman–Crippen LogP) is 5.16. The first-order chi connectivity index (χ1) is 19.7. The minimum atomic E-state index is -1.45. The Balaban J connectivity index is 1.26. The highest BCUT2D eigenvalue weighted by molar-refractivity contribution is 6.41. The molecule has 1 aliphatic carbocycles. The van der Waals surface area contributed by atoms with E-state index in [1.807, 2.05) is 55.5 Å². The largest absolute Gasteiger partial charge is 0.480 e. The molecule has 0 unspecified atom stereocenters. The molecule has 0 saturated heterocycles. The highest BCUT2D eigenvalue weighted by atomic mass is 35.5. The summed E-state index contributed by atoms with van der Waals surface area (Å²) >= 11 is 12.9. The molecular weight excluding hydrogens is 567 g/mol. The lowest BCUT2D eigenvalue weighted by Crippen LogP contribution is -2.50. The maximum absolute atomic E-state index is 13.2. The third-order valence-electron chi connectivity index (χ3n) is 6.87. The number of halogens is 2. The minimum absolute atomic E-state index is 0.0170. The number of aromatic nitrogens is 2. The van der Waals surface area contributed by atoms with E-state index in [1.54, 1.807) is 6.07 Å². The van der Waals surface area contributed by atoms with Crippen LogP contribution in [0.4, 0.5) is 16.4 Å². The van der Waals surface area contributed by atoms with Crippen molar-refractivity contribution in [3.8, 4) is 0 Å². The SMILES string of the molecule is Cc1nc(Nc2ccc(Cl)c(C(=O)N[C@@H](CNC(=O)N[C@@H]3CCc4ccccc43)C(=O)O)c2Cl)nc2ccccc12. The highest BCUT2D eigenvalue weighted by Gasteiger charge is 2.27. The van der Waals surface area contributed by atoms with Gasteiger partial charge in [0.2, 0.25) is 5.95 Å². The highest BCUT2D eigenvalue weighted by Crippen LogP contribution is 2.34. The fourth-order valence-electron chi connectivity index (χ4n) is 4.81. The number of urea groups is 1. The third-order valence-corrected chi connectivity index (χ3v) is 7.57. The summed E-state index contributed by atoms with van der Waals surface area (Å²) in [6.45, 7) is 1.49. The van der Waals surface area contributed by atoms with E-state index in [-0.39, 0.29) is 34.1 Å². The average Bonchev–Trinajstić information content (AvgIpc) is 3.35. The Morgan fingerprint density at radius 1 is 1.02 bits per heavy atom. The first-order valence-electron chi connectivity index (χ1n) is 12.9. The maximum atomic E-state index is 13.2. The molecule has 0 saturated carbocycles.